The van der Waals surface area contributed by atoms with E-state index in [1.165, 1.54) is 0 Å². The number of rotatable bonds is 11. The molecule has 2 rings (SSSR count). The quantitative estimate of drug-likeness (QED) is 0.333. The molecule has 0 bridgehead atoms. The van der Waals surface area contributed by atoms with Crippen LogP contribution in [0.1, 0.15) is 25.7 Å². The lowest BCUT2D eigenvalue weighted by atomic mass is 10.1. The average molecular weight is 408 g/mol. The third-order valence-corrected chi connectivity index (χ3v) is 4.65. The first-order chi connectivity index (χ1) is 13.3. The number of nitrogens with zero attached hydrogens (tertiary/aromatic N) is 4. The number of hydrogen-bond acceptors (Lipinski definition) is 12. The predicted molar refractivity (Wildman–Crippen MR) is 91.6 cm³/mol. The second-order valence-electron chi connectivity index (χ2n) is 6.66. The first-order valence-corrected chi connectivity index (χ1v) is 9.03. The Morgan fingerprint density at radius 2 is 1.07 bits per heavy atom. The highest BCUT2D eigenvalue weighted by Gasteiger charge is 2.32. The van der Waals surface area contributed by atoms with Gasteiger partial charge in [-0.15, -0.1) is 20.2 Å². The molecule has 2 saturated heterocycles. The van der Waals surface area contributed by atoms with Gasteiger partial charge in [0.25, 0.3) is 10.2 Å². The van der Waals surface area contributed by atoms with Crippen LogP contribution in [-0.2, 0) is 19.1 Å². The Bertz CT molecular complexity index is 453. The second kappa shape index (κ2) is 11.2. The van der Waals surface area contributed by atoms with E-state index in [4.69, 9.17) is 9.47 Å². The van der Waals surface area contributed by atoms with E-state index in [0.717, 1.165) is 10.1 Å². The first-order valence-electron chi connectivity index (χ1n) is 9.03. The molecule has 162 valence electrons. The number of hydrogen-bond donors (Lipinski definition) is 0. The van der Waals surface area contributed by atoms with Gasteiger partial charge in [0.1, 0.15) is 0 Å². The normalized spacial score (nSPS) is 22.5. The highest BCUT2D eigenvalue weighted by molar-refractivity contribution is 4.77. The van der Waals surface area contributed by atoms with Crippen LogP contribution in [-0.4, -0.2) is 84.1 Å². The molecule has 0 N–H and O–H groups in total. The fourth-order valence-corrected chi connectivity index (χ4v) is 3.09. The van der Waals surface area contributed by atoms with Gasteiger partial charge in [-0.25, -0.2) is 0 Å². The van der Waals surface area contributed by atoms with Gasteiger partial charge in [-0.2, -0.15) is 0 Å². The van der Waals surface area contributed by atoms with Crippen molar-refractivity contribution in [3.05, 3.63) is 30.6 Å². The maximum Gasteiger partial charge on any atom is 0.294 e. The first kappa shape index (κ1) is 22.4. The molecule has 14 heteroatoms. The van der Waals surface area contributed by atoms with E-state index in [1.54, 1.807) is 0 Å². The monoisotopic (exact) mass is 408 g/mol. The van der Waals surface area contributed by atoms with Crippen LogP contribution in [0.2, 0.25) is 0 Å². The summed E-state index contributed by atoms with van der Waals surface area (Å²) < 4.78 is 11.1. The Kier molecular flexibility index (Phi) is 9.01. The molecule has 2 atom stereocenters. The van der Waals surface area contributed by atoms with Gasteiger partial charge in [0.2, 0.25) is 0 Å². The zero-order valence-electron chi connectivity index (χ0n) is 15.3. The summed E-state index contributed by atoms with van der Waals surface area (Å²) in [5, 5.41) is 43.6. The van der Waals surface area contributed by atoms with Crippen LogP contribution < -0.4 is 0 Å². The topological polar surface area (TPSA) is 176 Å². The van der Waals surface area contributed by atoms with Crippen LogP contribution in [0.15, 0.2) is 0 Å². The number of hydroxylamine groups is 4. The lowest BCUT2D eigenvalue weighted by Crippen LogP contribution is -2.44. The van der Waals surface area contributed by atoms with Crippen molar-refractivity contribution >= 4 is 0 Å². The molecular formula is C14H24N4O10-2. The van der Waals surface area contributed by atoms with Gasteiger partial charge in [0.15, 0.2) is 12.2 Å². The molecule has 0 aromatic heterocycles. The summed E-state index contributed by atoms with van der Waals surface area (Å²) in [6, 6.07) is 0. The van der Waals surface area contributed by atoms with Crippen molar-refractivity contribution in [2.24, 2.45) is 0 Å². The van der Waals surface area contributed by atoms with Crippen molar-refractivity contribution < 1.29 is 29.3 Å². The second-order valence-corrected chi connectivity index (χ2v) is 6.66. The van der Waals surface area contributed by atoms with Crippen molar-refractivity contribution in [2.45, 2.75) is 50.1 Å². The van der Waals surface area contributed by atoms with Crippen LogP contribution in [0.4, 0.5) is 0 Å². The fourth-order valence-electron chi connectivity index (χ4n) is 3.09. The lowest BCUT2D eigenvalue weighted by molar-refractivity contribution is -0.799. The molecule has 2 aliphatic heterocycles. The SMILES string of the molecule is O=[N+]([O-])OC(COC1CCN([O-])CC1)C(COC1CCN([O-])CC1)O[N+](=O)[O-]. The Hall–Kier alpha value is -1.84. The maximum absolute atomic E-state index is 11.2. The molecule has 2 heterocycles. The van der Waals surface area contributed by atoms with E-state index < -0.39 is 22.4 Å². The summed E-state index contributed by atoms with van der Waals surface area (Å²) in [7, 11) is 0. The van der Waals surface area contributed by atoms with Crippen LogP contribution in [0.5, 0.6) is 0 Å². The Morgan fingerprint density at radius 3 is 1.36 bits per heavy atom. The Morgan fingerprint density at radius 1 is 0.750 bits per heavy atom. The lowest BCUT2D eigenvalue weighted by Gasteiger charge is -2.37. The summed E-state index contributed by atoms with van der Waals surface area (Å²) in [6.07, 6.45) is -1.60. The molecule has 0 amide bonds. The molecule has 0 saturated carbocycles. The molecule has 0 spiro atoms. The highest BCUT2D eigenvalue weighted by atomic mass is 17.0. The standard InChI is InChI=1S/C14H24N4O10/c19-15-5-1-11(2-6-15)25-9-13(27-17(21)22)14(28-18(23)24)10-26-12-3-7-16(20)8-4-12/h11-14H,1-10H2/q-2. The molecule has 0 aromatic carbocycles. The van der Waals surface area contributed by atoms with E-state index in [9.17, 15) is 30.6 Å². The molecule has 0 aromatic rings. The number of piperidine rings is 2. The van der Waals surface area contributed by atoms with Gasteiger partial charge >= 0.3 is 0 Å². The van der Waals surface area contributed by atoms with Crippen molar-refractivity contribution in [3.8, 4) is 0 Å². The average Bonchev–Trinajstić information content (AvgIpc) is 2.64. The van der Waals surface area contributed by atoms with Crippen LogP contribution >= 0.6 is 0 Å². The Balaban J connectivity index is 1.91. The molecule has 0 aliphatic carbocycles. The summed E-state index contributed by atoms with van der Waals surface area (Å²) in [5.74, 6) is 0. The van der Waals surface area contributed by atoms with Gasteiger partial charge in [-0.3, -0.25) is 0 Å². The van der Waals surface area contributed by atoms with Crippen molar-refractivity contribution in [3.63, 3.8) is 0 Å². The van der Waals surface area contributed by atoms with E-state index in [0.29, 0.717) is 25.7 Å². The van der Waals surface area contributed by atoms with Crippen LogP contribution in [0.3, 0.4) is 0 Å². The van der Waals surface area contributed by atoms with Crippen LogP contribution in [0.25, 0.3) is 0 Å². The third kappa shape index (κ3) is 8.04. The summed E-state index contributed by atoms with van der Waals surface area (Å²) >= 11 is 0. The minimum Gasteiger partial charge on any atom is -0.785 e. The van der Waals surface area contributed by atoms with Gasteiger partial charge < -0.3 is 39.7 Å². The maximum atomic E-state index is 11.2. The van der Waals surface area contributed by atoms with E-state index in [1.807, 2.05) is 0 Å². The molecule has 2 unspecified atom stereocenters. The molecule has 0 radical (unpaired) electrons. The van der Waals surface area contributed by atoms with Crippen molar-refractivity contribution in [1.29, 1.82) is 0 Å². The fraction of sp³-hybridized carbons (Fsp3) is 1.00. The van der Waals surface area contributed by atoms with Crippen molar-refractivity contribution in [1.82, 2.24) is 10.1 Å². The summed E-state index contributed by atoms with van der Waals surface area (Å²) in [6.45, 7) is 0.462. The molecule has 28 heavy (non-hydrogen) atoms. The van der Waals surface area contributed by atoms with Gasteiger partial charge in [-0.1, -0.05) is 0 Å². The molecule has 2 aliphatic rings. The zero-order chi connectivity index (χ0) is 20.5. The molecule has 2 fully saturated rings. The highest BCUT2D eigenvalue weighted by Crippen LogP contribution is 2.17. The predicted octanol–water partition coefficient (Wildman–Crippen LogP) is 0.0978. The van der Waals surface area contributed by atoms with Gasteiger partial charge in [0, 0.05) is 0 Å². The third-order valence-electron chi connectivity index (χ3n) is 4.65. The largest absolute Gasteiger partial charge is 0.785 e. The minimum atomic E-state index is -1.38. The summed E-state index contributed by atoms with van der Waals surface area (Å²) in [4.78, 5) is 30.7. The van der Waals surface area contributed by atoms with Crippen LogP contribution in [0, 0.1) is 30.6 Å². The summed E-state index contributed by atoms with van der Waals surface area (Å²) in [5.41, 5.74) is 0. The smallest absolute Gasteiger partial charge is 0.294 e. The van der Waals surface area contributed by atoms with E-state index in [2.05, 4.69) is 9.68 Å². The van der Waals surface area contributed by atoms with Gasteiger partial charge in [-0.05, 0) is 51.9 Å². The minimum absolute atomic E-state index is 0.280. The number of ether oxygens (including phenoxy) is 2. The van der Waals surface area contributed by atoms with E-state index in [-0.39, 0.29) is 51.6 Å². The zero-order valence-corrected chi connectivity index (χ0v) is 15.3. The van der Waals surface area contributed by atoms with Crippen molar-refractivity contribution in [2.75, 3.05) is 39.4 Å². The Labute approximate surface area is 160 Å². The molecular weight excluding hydrogens is 384 g/mol. The van der Waals surface area contributed by atoms with Gasteiger partial charge in [0.05, 0.1) is 25.4 Å². The molecule has 14 nitrogen and oxygen atoms in total. The van der Waals surface area contributed by atoms with E-state index >= 15 is 0 Å².